The molecule has 0 atom stereocenters. The third kappa shape index (κ3) is 5.70. The summed E-state index contributed by atoms with van der Waals surface area (Å²) in [6, 6.07) is 13.7. The highest BCUT2D eigenvalue weighted by Gasteiger charge is 2.06. The van der Waals surface area contributed by atoms with Gasteiger partial charge in [-0.15, -0.1) is 0 Å². The van der Waals surface area contributed by atoms with Crippen LogP contribution >= 0.6 is 0 Å². The van der Waals surface area contributed by atoms with E-state index in [1.54, 1.807) is 0 Å². The van der Waals surface area contributed by atoms with Crippen molar-refractivity contribution in [3.05, 3.63) is 64.7 Å². The fourth-order valence-electron chi connectivity index (χ4n) is 2.44. The van der Waals surface area contributed by atoms with Crippen LogP contribution in [-0.4, -0.2) is 38.1 Å². The Morgan fingerprint density at radius 2 is 1.67 bits per heavy atom. The second-order valence-corrected chi connectivity index (χ2v) is 6.35. The van der Waals surface area contributed by atoms with Gasteiger partial charge in [0, 0.05) is 18.7 Å². The first-order chi connectivity index (χ1) is 11.4. The molecule has 0 aliphatic heterocycles. The van der Waals surface area contributed by atoms with Gasteiger partial charge in [-0.1, -0.05) is 29.3 Å². The van der Waals surface area contributed by atoms with Crippen LogP contribution in [0.1, 0.15) is 27.0 Å². The minimum absolute atomic E-state index is 0.0480. The van der Waals surface area contributed by atoms with Gasteiger partial charge in [0.1, 0.15) is 12.4 Å². The van der Waals surface area contributed by atoms with Crippen molar-refractivity contribution >= 4 is 5.91 Å². The monoisotopic (exact) mass is 326 g/mol. The van der Waals surface area contributed by atoms with Crippen molar-refractivity contribution in [1.82, 2.24) is 10.2 Å². The van der Waals surface area contributed by atoms with Gasteiger partial charge in [0.25, 0.3) is 5.91 Å². The molecule has 2 aromatic rings. The number of nitrogens with one attached hydrogen (secondary N) is 1. The van der Waals surface area contributed by atoms with E-state index in [2.05, 4.69) is 16.3 Å². The van der Waals surface area contributed by atoms with E-state index in [0.717, 1.165) is 29.0 Å². The number of rotatable bonds is 7. The van der Waals surface area contributed by atoms with Gasteiger partial charge in [-0.25, -0.2) is 0 Å². The second-order valence-electron chi connectivity index (χ2n) is 6.35. The molecule has 1 amide bonds. The summed E-state index contributed by atoms with van der Waals surface area (Å²) in [5.74, 6) is 0.800. The van der Waals surface area contributed by atoms with Crippen LogP contribution in [-0.2, 0) is 6.54 Å². The zero-order valence-electron chi connectivity index (χ0n) is 14.9. The lowest BCUT2D eigenvalue weighted by molar-refractivity contribution is 0.0950. The number of hydrogen-bond donors (Lipinski definition) is 1. The molecule has 0 bridgehead atoms. The maximum atomic E-state index is 12.3. The van der Waals surface area contributed by atoms with Crippen molar-refractivity contribution in [2.45, 2.75) is 20.4 Å². The maximum absolute atomic E-state index is 12.3. The fourth-order valence-corrected chi connectivity index (χ4v) is 2.44. The summed E-state index contributed by atoms with van der Waals surface area (Å²) in [6.07, 6.45) is 0. The van der Waals surface area contributed by atoms with E-state index < -0.39 is 0 Å². The number of amides is 1. The Kier molecular flexibility index (Phi) is 6.38. The number of nitrogens with zero attached hydrogens (tertiary/aromatic N) is 1. The third-order valence-corrected chi connectivity index (χ3v) is 3.67. The lowest BCUT2D eigenvalue weighted by Gasteiger charge is -2.11. The van der Waals surface area contributed by atoms with Crippen LogP contribution in [0.2, 0.25) is 0 Å². The van der Waals surface area contributed by atoms with Crippen LogP contribution < -0.4 is 10.1 Å². The first-order valence-electron chi connectivity index (χ1n) is 8.17. The van der Waals surface area contributed by atoms with E-state index in [9.17, 15) is 4.79 Å². The lowest BCUT2D eigenvalue weighted by atomic mass is 10.1. The van der Waals surface area contributed by atoms with Crippen molar-refractivity contribution in [3.63, 3.8) is 0 Å². The Labute approximate surface area is 144 Å². The predicted octanol–water partition coefficient (Wildman–Crippen LogP) is 3.17. The number of hydrogen-bond acceptors (Lipinski definition) is 3. The van der Waals surface area contributed by atoms with E-state index in [1.165, 1.54) is 0 Å². The highest BCUT2D eigenvalue weighted by molar-refractivity contribution is 5.94. The van der Waals surface area contributed by atoms with Gasteiger partial charge in [0.05, 0.1) is 0 Å². The first kappa shape index (κ1) is 18.0. The molecule has 0 saturated carbocycles. The Hall–Kier alpha value is -2.33. The molecule has 2 aromatic carbocycles. The summed E-state index contributed by atoms with van der Waals surface area (Å²) in [4.78, 5) is 14.3. The molecule has 0 aliphatic rings. The lowest BCUT2D eigenvalue weighted by Crippen LogP contribution is -2.23. The standard InChI is InChI=1S/C20H26N2O2/c1-15-11-16(2)13-18(12-15)20(23)21-14-17-5-7-19(8-6-17)24-10-9-22(3)4/h5-8,11-13H,9-10,14H2,1-4H3,(H,21,23). The summed E-state index contributed by atoms with van der Waals surface area (Å²) < 4.78 is 5.66. The number of ether oxygens (including phenoxy) is 1. The quantitative estimate of drug-likeness (QED) is 0.850. The highest BCUT2D eigenvalue weighted by atomic mass is 16.5. The fraction of sp³-hybridized carbons (Fsp3) is 0.350. The van der Waals surface area contributed by atoms with Crippen LogP contribution in [0.15, 0.2) is 42.5 Å². The van der Waals surface area contributed by atoms with Gasteiger partial charge in [-0.05, 0) is 57.8 Å². The molecule has 1 N–H and O–H groups in total. The van der Waals surface area contributed by atoms with E-state index in [1.807, 2.05) is 64.3 Å². The van der Waals surface area contributed by atoms with Crippen LogP contribution in [0.5, 0.6) is 5.75 Å². The van der Waals surface area contributed by atoms with Crippen LogP contribution in [0.3, 0.4) is 0 Å². The molecule has 0 aromatic heterocycles. The molecule has 4 nitrogen and oxygen atoms in total. The number of carbonyl (C=O) groups is 1. The molecule has 0 radical (unpaired) electrons. The van der Waals surface area contributed by atoms with E-state index >= 15 is 0 Å². The third-order valence-electron chi connectivity index (χ3n) is 3.67. The molecule has 0 heterocycles. The molecule has 0 unspecified atom stereocenters. The minimum atomic E-state index is -0.0480. The number of carbonyl (C=O) groups excluding carboxylic acids is 1. The smallest absolute Gasteiger partial charge is 0.251 e. The Bertz CT molecular complexity index is 658. The van der Waals surface area contributed by atoms with E-state index in [-0.39, 0.29) is 5.91 Å². The van der Waals surface area contributed by atoms with Crippen molar-refractivity contribution in [1.29, 1.82) is 0 Å². The van der Waals surface area contributed by atoms with Gasteiger partial charge in [-0.3, -0.25) is 4.79 Å². The second kappa shape index (κ2) is 8.50. The number of benzene rings is 2. The zero-order chi connectivity index (χ0) is 17.5. The van der Waals surface area contributed by atoms with Crippen molar-refractivity contribution in [2.24, 2.45) is 0 Å². The van der Waals surface area contributed by atoms with Crippen molar-refractivity contribution in [3.8, 4) is 5.75 Å². The van der Waals surface area contributed by atoms with Crippen LogP contribution in [0.25, 0.3) is 0 Å². The molecular formula is C20H26N2O2. The van der Waals surface area contributed by atoms with Crippen molar-refractivity contribution in [2.75, 3.05) is 27.2 Å². The minimum Gasteiger partial charge on any atom is -0.492 e. The molecule has 0 spiro atoms. The summed E-state index contributed by atoms with van der Waals surface area (Å²) in [5.41, 5.74) is 3.95. The van der Waals surface area contributed by atoms with Crippen LogP contribution in [0, 0.1) is 13.8 Å². The topological polar surface area (TPSA) is 41.6 Å². The molecule has 0 saturated heterocycles. The average Bonchev–Trinajstić information content (AvgIpc) is 2.52. The first-order valence-corrected chi connectivity index (χ1v) is 8.17. The molecule has 128 valence electrons. The SMILES string of the molecule is Cc1cc(C)cc(C(=O)NCc2ccc(OCCN(C)C)cc2)c1. The Morgan fingerprint density at radius 1 is 1.04 bits per heavy atom. The maximum Gasteiger partial charge on any atom is 0.251 e. The molecular weight excluding hydrogens is 300 g/mol. The molecule has 4 heteroatoms. The summed E-state index contributed by atoms with van der Waals surface area (Å²) >= 11 is 0. The Morgan fingerprint density at radius 3 is 2.25 bits per heavy atom. The zero-order valence-corrected chi connectivity index (χ0v) is 14.9. The van der Waals surface area contributed by atoms with Gasteiger partial charge in [0.15, 0.2) is 0 Å². The largest absolute Gasteiger partial charge is 0.492 e. The number of aryl methyl sites for hydroxylation is 2. The van der Waals surface area contributed by atoms with Gasteiger partial charge in [0.2, 0.25) is 0 Å². The average molecular weight is 326 g/mol. The summed E-state index contributed by atoms with van der Waals surface area (Å²) in [5, 5.41) is 2.96. The molecule has 0 fully saturated rings. The van der Waals surface area contributed by atoms with Crippen molar-refractivity contribution < 1.29 is 9.53 Å². The van der Waals surface area contributed by atoms with Gasteiger partial charge < -0.3 is 15.0 Å². The van der Waals surface area contributed by atoms with Crippen LogP contribution in [0.4, 0.5) is 0 Å². The highest BCUT2D eigenvalue weighted by Crippen LogP contribution is 2.13. The molecule has 0 aliphatic carbocycles. The molecule has 24 heavy (non-hydrogen) atoms. The predicted molar refractivity (Wildman–Crippen MR) is 97.6 cm³/mol. The number of likely N-dealkylation sites (N-methyl/N-ethyl adjacent to an activating group) is 1. The summed E-state index contributed by atoms with van der Waals surface area (Å²) in [7, 11) is 4.04. The van der Waals surface area contributed by atoms with Gasteiger partial charge in [-0.2, -0.15) is 0 Å². The summed E-state index contributed by atoms with van der Waals surface area (Å²) in [6.45, 7) is 6.05. The Balaban J connectivity index is 1.86. The normalized spacial score (nSPS) is 10.7. The van der Waals surface area contributed by atoms with Gasteiger partial charge >= 0.3 is 0 Å². The molecule has 2 rings (SSSR count). The van der Waals surface area contributed by atoms with E-state index in [0.29, 0.717) is 18.7 Å². The van der Waals surface area contributed by atoms with E-state index in [4.69, 9.17) is 4.74 Å².